The summed E-state index contributed by atoms with van der Waals surface area (Å²) in [6.07, 6.45) is 1.63. The first kappa shape index (κ1) is 14.6. The van der Waals surface area contributed by atoms with Crippen LogP contribution in [-0.4, -0.2) is 31.4 Å². The summed E-state index contributed by atoms with van der Waals surface area (Å²) >= 11 is 0. The minimum Gasteiger partial charge on any atom is -0.502 e. The Bertz CT molecular complexity index is 685. The van der Waals surface area contributed by atoms with Crippen molar-refractivity contribution in [1.82, 2.24) is 0 Å². The summed E-state index contributed by atoms with van der Waals surface area (Å²) < 4.78 is 28.0. The van der Waals surface area contributed by atoms with Crippen LogP contribution in [0.15, 0.2) is 34.9 Å². The molecule has 0 saturated carbocycles. The van der Waals surface area contributed by atoms with Gasteiger partial charge in [-0.3, -0.25) is 0 Å². The first-order valence-electron chi connectivity index (χ1n) is 6.16. The molecule has 0 aliphatic carbocycles. The van der Waals surface area contributed by atoms with Crippen molar-refractivity contribution in [2.75, 3.05) is 6.26 Å². The summed E-state index contributed by atoms with van der Waals surface area (Å²) in [5, 5.41) is 9.89. The molecule has 108 valence electrons. The zero-order valence-corrected chi connectivity index (χ0v) is 12.3. The summed E-state index contributed by atoms with van der Waals surface area (Å²) in [5.74, 6) is -1.17. The van der Waals surface area contributed by atoms with Gasteiger partial charge in [0, 0.05) is 6.26 Å². The molecular weight excluding hydrogens is 280 g/mol. The van der Waals surface area contributed by atoms with Crippen molar-refractivity contribution in [3.63, 3.8) is 0 Å². The van der Waals surface area contributed by atoms with E-state index in [2.05, 4.69) is 0 Å². The molecule has 1 aromatic rings. The zero-order valence-electron chi connectivity index (χ0n) is 11.5. The maximum Gasteiger partial charge on any atom is 0.374 e. The Hall–Kier alpha value is -1.82. The first-order valence-corrected chi connectivity index (χ1v) is 8.06. The molecule has 5 nitrogen and oxygen atoms in total. The summed E-state index contributed by atoms with van der Waals surface area (Å²) in [5.41, 5.74) is 0.0727. The number of aliphatic hydroxyl groups is 1. The molecule has 0 amide bonds. The van der Waals surface area contributed by atoms with E-state index in [-0.39, 0.29) is 4.90 Å². The molecule has 0 radical (unpaired) electrons. The normalized spacial score (nSPS) is 23.1. The molecule has 0 saturated heterocycles. The zero-order chi connectivity index (χ0) is 15.1. The van der Waals surface area contributed by atoms with Crippen LogP contribution in [0.1, 0.15) is 25.8 Å². The van der Waals surface area contributed by atoms with Crippen LogP contribution in [0.25, 0.3) is 5.57 Å². The van der Waals surface area contributed by atoms with E-state index in [0.29, 0.717) is 17.6 Å². The van der Waals surface area contributed by atoms with E-state index < -0.39 is 27.2 Å². The number of esters is 1. The second kappa shape index (κ2) is 4.63. The monoisotopic (exact) mass is 296 g/mol. The smallest absolute Gasteiger partial charge is 0.374 e. The van der Waals surface area contributed by atoms with Gasteiger partial charge in [0.25, 0.3) is 0 Å². The Balaban J connectivity index is 2.53. The average molecular weight is 296 g/mol. The van der Waals surface area contributed by atoms with Crippen molar-refractivity contribution in [3.8, 4) is 0 Å². The van der Waals surface area contributed by atoms with Crippen LogP contribution >= 0.6 is 0 Å². The van der Waals surface area contributed by atoms with Crippen LogP contribution in [0.3, 0.4) is 0 Å². The van der Waals surface area contributed by atoms with E-state index in [1.165, 1.54) is 12.1 Å². The predicted octanol–water partition coefficient (Wildman–Crippen LogP) is 2.08. The Morgan fingerprint density at radius 1 is 1.25 bits per heavy atom. The van der Waals surface area contributed by atoms with Crippen LogP contribution in [0.2, 0.25) is 0 Å². The third-order valence-electron chi connectivity index (χ3n) is 3.52. The Kier molecular flexibility index (Phi) is 3.37. The molecular formula is C14H16O5S. The second-order valence-electron chi connectivity index (χ2n) is 4.99. The molecule has 2 rings (SSSR count). The molecule has 20 heavy (non-hydrogen) atoms. The van der Waals surface area contributed by atoms with E-state index >= 15 is 0 Å². The van der Waals surface area contributed by atoms with Crippen molar-refractivity contribution in [2.24, 2.45) is 0 Å². The average Bonchev–Trinajstić information content (AvgIpc) is 2.60. The van der Waals surface area contributed by atoms with Gasteiger partial charge < -0.3 is 9.84 Å². The lowest BCUT2D eigenvalue weighted by Crippen LogP contribution is -2.26. The third kappa shape index (κ3) is 2.31. The lowest BCUT2D eigenvalue weighted by molar-refractivity contribution is -0.147. The molecule has 1 aliphatic rings. The summed E-state index contributed by atoms with van der Waals surface area (Å²) in [4.78, 5) is 11.7. The van der Waals surface area contributed by atoms with Gasteiger partial charge in [0.2, 0.25) is 5.76 Å². The van der Waals surface area contributed by atoms with Crippen LogP contribution in [0.5, 0.6) is 0 Å². The summed E-state index contributed by atoms with van der Waals surface area (Å²) in [7, 11) is -3.28. The Morgan fingerprint density at radius 3 is 2.25 bits per heavy atom. The van der Waals surface area contributed by atoms with Gasteiger partial charge in [0.1, 0.15) is 5.60 Å². The van der Waals surface area contributed by atoms with Gasteiger partial charge in [-0.1, -0.05) is 19.1 Å². The Labute approximate surface area is 117 Å². The molecule has 0 fully saturated rings. The van der Waals surface area contributed by atoms with Gasteiger partial charge >= 0.3 is 5.97 Å². The number of benzene rings is 1. The van der Waals surface area contributed by atoms with E-state index in [9.17, 15) is 18.3 Å². The molecule has 0 aromatic heterocycles. The van der Waals surface area contributed by atoms with Crippen LogP contribution in [-0.2, 0) is 19.4 Å². The lowest BCUT2D eigenvalue weighted by atomic mass is 9.88. The number of cyclic esters (lactones) is 1. The van der Waals surface area contributed by atoms with Gasteiger partial charge in [-0.2, -0.15) is 0 Å². The summed E-state index contributed by atoms with van der Waals surface area (Å²) in [6.45, 7) is 3.56. The Morgan fingerprint density at radius 2 is 1.80 bits per heavy atom. The van der Waals surface area contributed by atoms with Crippen LogP contribution in [0.4, 0.5) is 0 Å². The standard InChI is InChI=1S/C14H16O5S/c1-4-14(2)11(12(15)13(16)19-14)9-5-7-10(8-6-9)20(3,17)18/h5-8,15H,4H2,1-3H3. The van der Waals surface area contributed by atoms with Crippen LogP contribution < -0.4 is 0 Å². The first-order chi connectivity index (χ1) is 9.19. The number of hydrogen-bond acceptors (Lipinski definition) is 5. The van der Waals surface area contributed by atoms with Crippen molar-refractivity contribution >= 4 is 21.4 Å². The number of aliphatic hydroxyl groups excluding tert-OH is 1. The molecule has 1 aromatic carbocycles. The van der Waals surface area contributed by atoms with Gasteiger partial charge in [-0.15, -0.1) is 0 Å². The van der Waals surface area contributed by atoms with E-state index in [1.54, 1.807) is 19.1 Å². The molecule has 1 N–H and O–H groups in total. The fourth-order valence-electron chi connectivity index (χ4n) is 2.22. The minimum atomic E-state index is -3.28. The molecule has 1 heterocycles. The summed E-state index contributed by atoms with van der Waals surface area (Å²) in [6, 6.07) is 6.03. The SMILES string of the molecule is CCC1(C)OC(=O)C(O)=C1c1ccc(S(C)(=O)=O)cc1. The molecule has 0 spiro atoms. The number of hydrogen-bond donors (Lipinski definition) is 1. The maximum atomic E-state index is 11.5. The van der Waals surface area contributed by atoms with Gasteiger partial charge in [0.15, 0.2) is 9.84 Å². The highest BCUT2D eigenvalue weighted by Crippen LogP contribution is 2.41. The minimum absolute atomic E-state index is 0.185. The van der Waals surface area contributed by atoms with Gasteiger partial charge in [0.05, 0.1) is 10.5 Å². The topological polar surface area (TPSA) is 80.7 Å². The molecule has 0 bridgehead atoms. The van der Waals surface area contributed by atoms with Gasteiger partial charge in [-0.25, -0.2) is 13.2 Å². The van der Waals surface area contributed by atoms with E-state index in [1.807, 2.05) is 6.92 Å². The van der Waals surface area contributed by atoms with Crippen LogP contribution in [0, 0.1) is 0 Å². The number of sulfone groups is 1. The fraction of sp³-hybridized carbons (Fsp3) is 0.357. The maximum absolute atomic E-state index is 11.5. The largest absolute Gasteiger partial charge is 0.502 e. The van der Waals surface area contributed by atoms with E-state index in [0.717, 1.165) is 6.26 Å². The number of carbonyl (C=O) groups is 1. The molecule has 6 heteroatoms. The highest BCUT2D eigenvalue weighted by Gasteiger charge is 2.43. The highest BCUT2D eigenvalue weighted by molar-refractivity contribution is 7.90. The van der Waals surface area contributed by atoms with Crippen molar-refractivity contribution < 1.29 is 23.1 Å². The highest BCUT2D eigenvalue weighted by atomic mass is 32.2. The predicted molar refractivity (Wildman–Crippen MR) is 73.9 cm³/mol. The van der Waals surface area contributed by atoms with Crippen molar-refractivity contribution in [3.05, 3.63) is 35.6 Å². The van der Waals surface area contributed by atoms with E-state index in [4.69, 9.17) is 4.74 Å². The quantitative estimate of drug-likeness (QED) is 0.864. The van der Waals surface area contributed by atoms with Crippen molar-refractivity contribution in [1.29, 1.82) is 0 Å². The fourth-order valence-corrected chi connectivity index (χ4v) is 2.85. The number of carbonyl (C=O) groups excluding carboxylic acids is 1. The number of rotatable bonds is 3. The number of ether oxygens (including phenoxy) is 1. The van der Waals surface area contributed by atoms with Crippen molar-refractivity contribution in [2.45, 2.75) is 30.8 Å². The molecule has 1 unspecified atom stereocenters. The molecule has 1 aliphatic heterocycles. The second-order valence-corrected chi connectivity index (χ2v) is 7.01. The lowest BCUT2D eigenvalue weighted by Gasteiger charge is -2.24. The third-order valence-corrected chi connectivity index (χ3v) is 4.65. The van der Waals surface area contributed by atoms with Gasteiger partial charge in [-0.05, 0) is 31.0 Å². The molecule has 1 atom stereocenters.